The molecule has 0 radical (unpaired) electrons. The summed E-state index contributed by atoms with van der Waals surface area (Å²) in [6.07, 6.45) is 2.45. The zero-order valence-corrected chi connectivity index (χ0v) is 13.2. The van der Waals surface area contributed by atoms with Crippen LogP contribution in [0.1, 0.15) is 35.3 Å². The molecule has 1 fully saturated rings. The van der Waals surface area contributed by atoms with Gasteiger partial charge in [0, 0.05) is 31.4 Å². The van der Waals surface area contributed by atoms with E-state index in [4.69, 9.17) is 0 Å². The van der Waals surface area contributed by atoms with E-state index in [1.54, 1.807) is 30.3 Å². The number of carbonyl (C=O) groups excluding carboxylic acids is 1. The molecule has 2 aromatic rings. The van der Waals surface area contributed by atoms with Crippen LogP contribution in [0.2, 0.25) is 0 Å². The van der Waals surface area contributed by atoms with Crippen LogP contribution < -0.4 is 5.56 Å². The second-order valence-corrected chi connectivity index (χ2v) is 6.13. The third-order valence-corrected chi connectivity index (χ3v) is 4.50. The lowest BCUT2D eigenvalue weighted by atomic mass is 9.95. The molecular formula is C18H19FN2O2. The average molecular weight is 314 g/mol. The number of nitrogens with zero attached hydrogens (tertiary/aromatic N) is 2. The second-order valence-electron chi connectivity index (χ2n) is 6.13. The molecule has 0 N–H and O–H groups in total. The van der Waals surface area contributed by atoms with Gasteiger partial charge >= 0.3 is 0 Å². The van der Waals surface area contributed by atoms with Crippen molar-refractivity contribution in [1.82, 2.24) is 9.47 Å². The van der Waals surface area contributed by atoms with Crippen LogP contribution in [-0.2, 0) is 7.05 Å². The van der Waals surface area contributed by atoms with Crippen LogP contribution in [0.25, 0.3) is 0 Å². The zero-order valence-electron chi connectivity index (χ0n) is 13.2. The van der Waals surface area contributed by atoms with E-state index in [0.717, 1.165) is 12.0 Å². The Morgan fingerprint density at radius 3 is 2.74 bits per heavy atom. The minimum absolute atomic E-state index is 0.165. The molecule has 1 aliphatic heterocycles. The van der Waals surface area contributed by atoms with Crippen LogP contribution in [0.15, 0.2) is 47.4 Å². The average Bonchev–Trinajstić information content (AvgIpc) is 2.91. The first kappa shape index (κ1) is 15.5. The third-order valence-electron chi connectivity index (χ3n) is 4.50. The fourth-order valence-corrected chi connectivity index (χ4v) is 3.22. The SMILES string of the molecule is CC1CCN(C(=O)c2ccn(C)c(=O)c2)C1c1cccc(F)c1. The number of hydrogen-bond donors (Lipinski definition) is 0. The Labute approximate surface area is 134 Å². The Bertz CT molecular complexity index is 800. The molecule has 1 amide bonds. The highest BCUT2D eigenvalue weighted by atomic mass is 19.1. The molecule has 1 saturated heterocycles. The lowest BCUT2D eigenvalue weighted by Gasteiger charge is -2.27. The van der Waals surface area contributed by atoms with Crippen molar-refractivity contribution in [1.29, 1.82) is 0 Å². The number of pyridine rings is 1. The maximum Gasteiger partial charge on any atom is 0.254 e. The van der Waals surface area contributed by atoms with E-state index < -0.39 is 0 Å². The van der Waals surface area contributed by atoms with Crippen LogP contribution in [0.4, 0.5) is 4.39 Å². The predicted molar refractivity (Wildman–Crippen MR) is 85.6 cm³/mol. The summed E-state index contributed by atoms with van der Waals surface area (Å²) in [5.74, 6) is -0.240. The normalized spacial score (nSPS) is 20.7. The van der Waals surface area contributed by atoms with E-state index in [2.05, 4.69) is 6.92 Å². The molecule has 2 unspecified atom stereocenters. The summed E-state index contributed by atoms with van der Waals surface area (Å²) in [5.41, 5.74) is 0.959. The number of amides is 1. The van der Waals surface area contributed by atoms with E-state index in [0.29, 0.717) is 12.1 Å². The topological polar surface area (TPSA) is 42.3 Å². The Morgan fingerprint density at radius 1 is 1.26 bits per heavy atom. The quantitative estimate of drug-likeness (QED) is 0.855. The van der Waals surface area contributed by atoms with Crippen molar-refractivity contribution in [2.24, 2.45) is 13.0 Å². The van der Waals surface area contributed by atoms with Gasteiger partial charge in [-0.2, -0.15) is 0 Å². The fraction of sp³-hybridized carbons (Fsp3) is 0.333. The van der Waals surface area contributed by atoms with Gasteiger partial charge in [0.15, 0.2) is 0 Å². The van der Waals surface area contributed by atoms with Crippen LogP contribution >= 0.6 is 0 Å². The lowest BCUT2D eigenvalue weighted by molar-refractivity contribution is 0.0720. The molecule has 0 bridgehead atoms. The van der Waals surface area contributed by atoms with Crippen LogP contribution in [0.5, 0.6) is 0 Å². The van der Waals surface area contributed by atoms with Gasteiger partial charge in [0.05, 0.1) is 6.04 Å². The summed E-state index contributed by atoms with van der Waals surface area (Å²) in [5, 5.41) is 0. The van der Waals surface area contributed by atoms with Gasteiger partial charge in [0.25, 0.3) is 11.5 Å². The first-order valence-corrected chi connectivity index (χ1v) is 7.70. The molecule has 23 heavy (non-hydrogen) atoms. The number of hydrogen-bond acceptors (Lipinski definition) is 2. The Kier molecular flexibility index (Phi) is 4.03. The predicted octanol–water partition coefficient (Wildman–Crippen LogP) is 2.75. The molecular weight excluding hydrogens is 295 g/mol. The second kappa shape index (κ2) is 5.99. The van der Waals surface area contributed by atoms with Crippen LogP contribution in [0, 0.1) is 11.7 Å². The molecule has 0 aliphatic carbocycles. The van der Waals surface area contributed by atoms with Gasteiger partial charge in [-0.15, -0.1) is 0 Å². The van der Waals surface area contributed by atoms with Crippen LogP contribution in [0.3, 0.4) is 0 Å². The minimum atomic E-state index is -0.303. The largest absolute Gasteiger partial charge is 0.331 e. The molecule has 0 spiro atoms. The highest BCUT2D eigenvalue weighted by Gasteiger charge is 2.36. The van der Waals surface area contributed by atoms with Crippen molar-refractivity contribution in [3.05, 3.63) is 69.9 Å². The molecule has 2 atom stereocenters. The monoisotopic (exact) mass is 314 g/mol. The Hall–Kier alpha value is -2.43. The van der Waals surface area contributed by atoms with Crippen LogP contribution in [-0.4, -0.2) is 21.9 Å². The summed E-state index contributed by atoms with van der Waals surface area (Å²) in [6, 6.07) is 9.23. The van der Waals surface area contributed by atoms with Crippen molar-refractivity contribution in [3.8, 4) is 0 Å². The Morgan fingerprint density at radius 2 is 2.04 bits per heavy atom. The van der Waals surface area contributed by atoms with Crippen molar-refractivity contribution in [2.75, 3.05) is 6.54 Å². The molecule has 1 aromatic carbocycles. The van der Waals surface area contributed by atoms with E-state index in [1.807, 2.05) is 6.07 Å². The minimum Gasteiger partial charge on any atom is -0.331 e. The number of benzene rings is 1. The molecule has 120 valence electrons. The molecule has 4 nitrogen and oxygen atoms in total. The van der Waals surface area contributed by atoms with E-state index in [1.165, 1.54) is 22.8 Å². The van der Waals surface area contributed by atoms with Gasteiger partial charge in [-0.05, 0) is 36.1 Å². The fourth-order valence-electron chi connectivity index (χ4n) is 3.22. The first-order chi connectivity index (χ1) is 11.0. The summed E-state index contributed by atoms with van der Waals surface area (Å²) in [6.45, 7) is 2.67. The number of rotatable bonds is 2. The summed E-state index contributed by atoms with van der Waals surface area (Å²) < 4.78 is 15.0. The van der Waals surface area contributed by atoms with Gasteiger partial charge in [-0.1, -0.05) is 19.1 Å². The van der Waals surface area contributed by atoms with Gasteiger partial charge in [-0.25, -0.2) is 4.39 Å². The molecule has 0 saturated carbocycles. The molecule has 1 aromatic heterocycles. The molecule has 1 aliphatic rings. The zero-order chi connectivity index (χ0) is 16.6. The number of aromatic nitrogens is 1. The van der Waals surface area contributed by atoms with Gasteiger partial charge in [0.1, 0.15) is 5.82 Å². The van der Waals surface area contributed by atoms with E-state index >= 15 is 0 Å². The molecule has 2 heterocycles. The molecule has 3 rings (SSSR count). The van der Waals surface area contributed by atoms with Crippen molar-refractivity contribution in [2.45, 2.75) is 19.4 Å². The van der Waals surface area contributed by atoms with Gasteiger partial charge < -0.3 is 9.47 Å². The summed E-state index contributed by atoms with van der Waals surface area (Å²) in [4.78, 5) is 26.3. The number of likely N-dealkylation sites (tertiary alicyclic amines) is 1. The lowest BCUT2D eigenvalue weighted by Crippen LogP contribution is -2.33. The summed E-state index contributed by atoms with van der Waals surface area (Å²) >= 11 is 0. The maximum absolute atomic E-state index is 13.5. The standard InChI is InChI=1S/C18H19FN2O2/c1-12-6-9-21(17(12)13-4-3-5-15(19)10-13)18(23)14-7-8-20(2)16(22)11-14/h3-5,7-8,10-12,17H,6,9H2,1-2H3. The van der Waals surface area contributed by atoms with E-state index in [9.17, 15) is 14.0 Å². The summed E-state index contributed by atoms with van der Waals surface area (Å²) in [7, 11) is 1.64. The number of carbonyl (C=O) groups is 1. The highest BCUT2D eigenvalue weighted by molar-refractivity contribution is 5.94. The van der Waals surface area contributed by atoms with E-state index in [-0.39, 0.29) is 29.2 Å². The first-order valence-electron chi connectivity index (χ1n) is 7.70. The molecule has 5 heteroatoms. The van der Waals surface area contributed by atoms with Crippen molar-refractivity contribution >= 4 is 5.91 Å². The smallest absolute Gasteiger partial charge is 0.254 e. The number of aryl methyl sites for hydroxylation is 1. The maximum atomic E-state index is 13.5. The highest BCUT2D eigenvalue weighted by Crippen LogP contribution is 2.37. The third kappa shape index (κ3) is 2.91. The Balaban J connectivity index is 1.95. The number of halogens is 1. The van der Waals surface area contributed by atoms with Crippen molar-refractivity contribution in [3.63, 3.8) is 0 Å². The van der Waals surface area contributed by atoms with Gasteiger partial charge in [-0.3, -0.25) is 9.59 Å². The van der Waals surface area contributed by atoms with Crippen molar-refractivity contribution < 1.29 is 9.18 Å². The van der Waals surface area contributed by atoms with Gasteiger partial charge in [0.2, 0.25) is 0 Å².